The van der Waals surface area contributed by atoms with Crippen LogP contribution in [0.25, 0.3) is 0 Å². The molecule has 2 amide bonds. The van der Waals surface area contributed by atoms with Crippen molar-refractivity contribution in [3.63, 3.8) is 0 Å². The first-order chi connectivity index (χ1) is 14.1. The molecule has 0 aliphatic rings. The highest BCUT2D eigenvalue weighted by molar-refractivity contribution is 8.04. The Hall–Kier alpha value is -2.75. The zero-order valence-corrected chi connectivity index (χ0v) is 18.0. The van der Waals surface area contributed by atoms with Crippen molar-refractivity contribution in [2.75, 3.05) is 25.4 Å². The average molecular weight is 481 g/mol. The van der Waals surface area contributed by atoms with E-state index in [1.807, 2.05) is 5.32 Å². The number of carbonyl (C=O) groups is 1. The maximum absolute atomic E-state index is 12.5. The number of nitrogens with one attached hydrogen (secondary N) is 3. The minimum absolute atomic E-state index is 0.124. The predicted octanol–water partition coefficient (Wildman–Crippen LogP) is 0.0149. The largest absolute Gasteiger partial charge is 0.467 e. The van der Waals surface area contributed by atoms with Crippen molar-refractivity contribution in [3.05, 3.63) is 29.8 Å². The topological polar surface area (TPSA) is 179 Å². The Labute approximate surface area is 177 Å². The zero-order valence-electron chi connectivity index (χ0n) is 15.6. The number of carbonyl (C=O) groups excluding carboxylic acids is 1. The van der Waals surface area contributed by atoms with Gasteiger partial charge < -0.3 is 9.47 Å². The van der Waals surface area contributed by atoms with Gasteiger partial charge in [-0.15, -0.1) is 16.6 Å². The number of halogens is 1. The van der Waals surface area contributed by atoms with E-state index in [9.17, 15) is 21.6 Å². The van der Waals surface area contributed by atoms with E-state index in [1.165, 1.54) is 41.3 Å². The third-order valence-electron chi connectivity index (χ3n) is 3.26. The number of methoxy groups -OCH3 is 2. The second kappa shape index (κ2) is 9.84. The van der Waals surface area contributed by atoms with E-state index in [2.05, 4.69) is 15.0 Å². The number of nitrogens with zero attached hydrogens (tertiary/aromatic N) is 3. The molecular weight excluding hydrogens is 464 g/mol. The summed E-state index contributed by atoms with van der Waals surface area (Å²) in [6.45, 7) is 0. The van der Waals surface area contributed by atoms with Gasteiger partial charge in [0.1, 0.15) is 0 Å². The van der Waals surface area contributed by atoms with Crippen LogP contribution in [0.3, 0.4) is 0 Å². The van der Waals surface area contributed by atoms with E-state index in [-0.39, 0.29) is 29.2 Å². The van der Waals surface area contributed by atoms with Crippen LogP contribution in [0.5, 0.6) is 12.0 Å². The maximum Gasteiger partial charge on any atom is 0.336 e. The van der Waals surface area contributed by atoms with Crippen LogP contribution >= 0.6 is 11.6 Å². The highest BCUT2D eigenvalue weighted by atomic mass is 35.5. The Morgan fingerprint density at radius 1 is 1.03 bits per heavy atom. The van der Waals surface area contributed by atoms with Crippen LogP contribution in [0.4, 0.5) is 10.7 Å². The van der Waals surface area contributed by atoms with Crippen molar-refractivity contribution >= 4 is 43.8 Å². The fraction of sp³-hybridized carbons (Fsp3) is 0.286. The Morgan fingerprint density at radius 3 is 2.20 bits per heavy atom. The summed E-state index contributed by atoms with van der Waals surface area (Å²) >= 11 is 5.65. The van der Waals surface area contributed by atoms with Gasteiger partial charge in [-0.3, -0.25) is 5.32 Å². The lowest BCUT2D eigenvalue weighted by atomic mass is 10.2. The first-order valence-corrected chi connectivity index (χ1v) is 11.5. The third-order valence-corrected chi connectivity index (χ3v) is 6.63. The Morgan fingerprint density at radius 2 is 1.63 bits per heavy atom. The third kappa shape index (κ3) is 6.38. The molecule has 1 aromatic carbocycles. The molecule has 30 heavy (non-hydrogen) atoms. The summed E-state index contributed by atoms with van der Waals surface area (Å²) < 4.78 is 61.7. The van der Waals surface area contributed by atoms with Crippen LogP contribution in [0.1, 0.15) is 5.56 Å². The minimum Gasteiger partial charge on any atom is -0.467 e. The zero-order chi connectivity index (χ0) is 22.4. The van der Waals surface area contributed by atoms with Crippen molar-refractivity contribution in [1.82, 2.24) is 23.8 Å². The average Bonchev–Trinajstić information content (AvgIpc) is 2.66. The van der Waals surface area contributed by atoms with E-state index in [4.69, 9.17) is 21.1 Å². The molecule has 1 aromatic heterocycles. The van der Waals surface area contributed by atoms with Gasteiger partial charge in [0.05, 0.1) is 19.1 Å². The number of rotatable bonds is 9. The van der Waals surface area contributed by atoms with Crippen LogP contribution in [-0.2, 0) is 26.7 Å². The number of amides is 2. The van der Waals surface area contributed by atoms with Gasteiger partial charge in [0.2, 0.25) is 5.95 Å². The number of benzene rings is 1. The van der Waals surface area contributed by atoms with Crippen molar-refractivity contribution < 1.29 is 31.1 Å². The second-order valence-electron chi connectivity index (χ2n) is 5.33. The van der Waals surface area contributed by atoms with Gasteiger partial charge in [0.25, 0.3) is 10.0 Å². The summed E-state index contributed by atoms with van der Waals surface area (Å²) in [5, 5.41) is 2.00. The van der Waals surface area contributed by atoms with E-state index < -0.39 is 32.2 Å². The number of sulfonamides is 1. The van der Waals surface area contributed by atoms with Gasteiger partial charge in [0.15, 0.2) is 0 Å². The summed E-state index contributed by atoms with van der Waals surface area (Å²) in [7, 11) is -6.87. The summed E-state index contributed by atoms with van der Waals surface area (Å²) in [5.74, 6) is -0.277. The predicted molar refractivity (Wildman–Crippen MR) is 105 cm³/mol. The smallest absolute Gasteiger partial charge is 0.336 e. The summed E-state index contributed by atoms with van der Waals surface area (Å²) in [6.07, 6.45) is 0.190. The molecule has 0 saturated heterocycles. The van der Waals surface area contributed by atoms with Crippen LogP contribution in [-0.4, -0.2) is 57.9 Å². The van der Waals surface area contributed by atoms with Crippen LogP contribution in [0.15, 0.2) is 29.2 Å². The first-order valence-electron chi connectivity index (χ1n) is 7.95. The van der Waals surface area contributed by atoms with Gasteiger partial charge in [-0.05, 0) is 18.1 Å². The molecule has 1 heterocycles. The van der Waals surface area contributed by atoms with Crippen molar-refractivity contribution in [3.8, 4) is 12.0 Å². The second-order valence-corrected chi connectivity index (χ2v) is 9.03. The van der Waals surface area contributed by atoms with Gasteiger partial charge in [-0.1, -0.05) is 22.3 Å². The molecule has 0 aliphatic heterocycles. The van der Waals surface area contributed by atoms with Gasteiger partial charge in [-0.2, -0.15) is 18.4 Å². The van der Waals surface area contributed by atoms with E-state index in [1.54, 1.807) is 6.07 Å². The number of anilines is 1. The number of ether oxygens (including phenoxy) is 2. The number of urea groups is 1. The maximum atomic E-state index is 12.5. The minimum atomic E-state index is -4.84. The molecule has 3 N–H and O–H groups in total. The molecule has 0 saturated carbocycles. The molecule has 13 nitrogen and oxygen atoms in total. The number of alkyl halides is 1. The normalized spacial score (nSPS) is 11.6. The highest BCUT2D eigenvalue weighted by Crippen LogP contribution is 2.17. The van der Waals surface area contributed by atoms with Crippen molar-refractivity contribution in [2.45, 2.75) is 11.3 Å². The van der Waals surface area contributed by atoms with E-state index in [0.29, 0.717) is 5.56 Å². The Balaban J connectivity index is 2.16. The lowest BCUT2D eigenvalue weighted by molar-refractivity contribution is 0.256. The molecule has 0 radical (unpaired) electrons. The molecule has 2 rings (SSSR count). The monoisotopic (exact) mass is 480 g/mol. The lowest BCUT2D eigenvalue weighted by Crippen LogP contribution is -2.45. The molecule has 0 fully saturated rings. The van der Waals surface area contributed by atoms with Crippen molar-refractivity contribution in [2.24, 2.45) is 0 Å². The molecule has 0 unspecified atom stereocenters. The summed E-state index contributed by atoms with van der Waals surface area (Å²) in [5.41, 5.74) is 0.309. The number of hydrogen-bond donors (Lipinski definition) is 3. The quantitative estimate of drug-likeness (QED) is 0.414. The van der Waals surface area contributed by atoms with Crippen LogP contribution < -0.4 is 23.6 Å². The fourth-order valence-electron chi connectivity index (χ4n) is 2.11. The van der Waals surface area contributed by atoms with Crippen LogP contribution in [0, 0.1) is 0 Å². The SMILES string of the molecule is COc1nc(NC(=O)NS(=O)(=O)NS(=O)(=O)c2ccccc2CCCl)nc(OC)n1. The summed E-state index contributed by atoms with van der Waals surface area (Å²) in [4.78, 5) is 22.8. The van der Waals surface area contributed by atoms with Gasteiger partial charge in [-0.25, -0.2) is 17.9 Å². The molecule has 0 bridgehead atoms. The standard InChI is InChI=1S/C14H17ClN6O7S2/c1-27-13-17-11(18-14(19-13)28-2)16-12(22)20-30(25,26)21-29(23,24)10-6-4-3-5-9(10)7-8-15/h3-6,21H,7-8H2,1-2H3,(H2,16,17,18,19,20,22). The van der Waals surface area contributed by atoms with Gasteiger partial charge >= 0.3 is 28.3 Å². The number of aryl methyl sites for hydroxylation is 1. The molecule has 164 valence electrons. The first kappa shape index (κ1) is 23.5. The molecule has 0 atom stereocenters. The Bertz CT molecular complexity index is 1110. The Kier molecular flexibility index (Phi) is 7.71. The van der Waals surface area contributed by atoms with Crippen molar-refractivity contribution in [1.29, 1.82) is 0 Å². The lowest BCUT2D eigenvalue weighted by Gasteiger charge is -2.12. The molecule has 0 aliphatic carbocycles. The number of hydrogen-bond acceptors (Lipinski definition) is 10. The molecule has 16 heteroatoms. The fourth-order valence-corrected chi connectivity index (χ4v) is 5.06. The van der Waals surface area contributed by atoms with E-state index >= 15 is 0 Å². The highest BCUT2D eigenvalue weighted by Gasteiger charge is 2.26. The molecular formula is C14H17ClN6O7S2. The number of aromatic nitrogens is 3. The molecule has 2 aromatic rings. The van der Waals surface area contributed by atoms with E-state index in [0.717, 1.165) is 0 Å². The summed E-state index contributed by atoms with van der Waals surface area (Å²) in [6, 6.07) is 3.93. The van der Waals surface area contributed by atoms with Crippen LogP contribution in [0.2, 0.25) is 0 Å². The molecule has 0 spiro atoms. The van der Waals surface area contributed by atoms with Gasteiger partial charge in [0, 0.05) is 5.88 Å².